The molecule has 2 N–H and O–H groups in total. The molecule has 0 aromatic heterocycles. The molecule has 28 heavy (non-hydrogen) atoms. The van der Waals surface area contributed by atoms with Crippen molar-refractivity contribution in [2.45, 2.75) is 6.92 Å². The van der Waals surface area contributed by atoms with Gasteiger partial charge in [0.2, 0.25) is 0 Å². The molecule has 5 nitrogen and oxygen atoms in total. The van der Waals surface area contributed by atoms with Crippen LogP contribution in [0.5, 0.6) is 5.75 Å². The second-order valence-corrected chi connectivity index (χ2v) is 6.14. The molecule has 0 aliphatic rings. The van der Waals surface area contributed by atoms with Crippen LogP contribution in [-0.2, 0) is 4.79 Å². The summed E-state index contributed by atoms with van der Waals surface area (Å²) in [6.07, 6.45) is 0. The molecule has 6 heteroatoms. The number of hydrogen-bond donors (Lipinski definition) is 2. The Labute approximate surface area is 162 Å². The third-order valence-corrected chi connectivity index (χ3v) is 3.92. The first-order chi connectivity index (χ1) is 13.5. The number of carbonyl (C=O) groups is 2. The van der Waals surface area contributed by atoms with Crippen molar-refractivity contribution in [3.63, 3.8) is 0 Å². The monoisotopic (exact) mass is 378 g/mol. The first kappa shape index (κ1) is 19.1. The molecule has 0 saturated carbocycles. The summed E-state index contributed by atoms with van der Waals surface area (Å²) in [6, 6.07) is 19.9. The third kappa shape index (κ3) is 4.94. The Morgan fingerprint density at radius 2 is 1.68 bits per heavy atom. The first-order valence-corrected chi connectivity index (χ1v) is 8.67. The molecule has 0 atom stereocenters. The van der Waals surface area contributed by atoms with Gasteiger partial charge in [-0.05, 0) is 48.9 Å². The number of amides is 2. The maximum Gasteiger partial charge on any atom is 0.262 e. The topological polar surface area (TPSA) is 67.4 Å². The maximum absolute atomic E-state index is 13.6. The SMILES string of the molecule is Cc1cccc(NC(=O)c2ccccc2NC(=O)COc2ccccc2F)c1. The van der Waals surface area contributed by atoms with Gasteiger partial charge in [-0.15, -0.1) is 0 Å². The highest BCUT2D eigenvalue weighted by Crippen LogP contribution is 2.19. The van der Waals surface area contributed by atoms with E-state index in [1.807, 2.05) is 25.1 Å². The lowest BCUT2D eigenvalue weighted by Gasteiger charge is -2.12. The summed E-state index contributed by atoms with van der Waals surface area (Å²) < 4.78 is 18.8. The van der Waals surface area contributed by atoms with Crippen molar-refractivity contribution in [2.24, 2.45) is 0 Å². The van der Waals surface area contributed by atoms with Crippen LogP contribution >= 0.6 is 0 Å². The number of aryl methyl sites for hydroxylation is 1. The van der Waals surface area contributed by atoms with Crippen LogP contribution in [0.3, 0.4) is 0 Å². The standard InChI is InChI=1S/C22H19FN2O3/c1-15-7-6-8-16(13-15)24-22(27)17-9-2-4-11-19(17)25-21(26)14-28-20-12-5-3-10-18(20)23/h2-13H,14H2,1H3,(H,24,27)(H,25,26). The number of anilines is 2. The Balaban J connectivity index is 1.67. The molecule has 0 radical (unpaired) electrons. The molecule has 2 amide bonds. The molecule has 3 rings (SSSR count). The maximum atomic E-state index is 13.6. The lowest BCUT2D eigenvalue weighted by molar-refractivity contribution is -0.118. The Kier molecular flexibility index (Phi) is 6.01. The molecule has 0 unspecified atom stereocenters. The number of hydrogen-bond acceptors (Lipinski definition) is 3. The van der Waals surface area contributed by atoms with Crippen molar-refractivity contribution in [1.82, 2.24) is 0 Å². The van der Waals surface area contributed by atoms with E-state index in [0.717, 1.165) is 5.56 Å². The molecule has 0 bridgehead atoms. The molecule has 0 saturated heterocycles. The van der Waals surface area contributed by atoms with Crippen molar-refractivity contribution in [1.29, 1.82) is 0 Å². The van der Waals surface area contributed by atoms with Gasteiger partial charge in [0.15, 0.2) is 18.2 Å². The second-order valence-electron chi connectivity index (χ2n) is 6.14. The van der Waals surface area contributed by atoms with E-state index in [-0.39, 0.29) is 18.3 Å². The molecule has 0 spiro atoms. The highest BCUT2D eigenvalue weighted by atomic mass is 19.1. The van der Waals surface area contributed by atoms with E-state index in [1.165, 1.54) is 18.2 Å². The predicted octanol–water partition coefficient (Wildman–Crippen LogP) is 4.40. The number of ether oxygens (including phenoxy) is 1. The molecule has 0 aliphatic carbocycles. The average Bonchev–Trinajstić information content (AvgIpc) is 2.68. The zero-order chi connectivity index (χ0) is 19.9. The van der Waals surface area contributed by atoms with Crippen LogP contribution in [0, 0.1) is 12.7 Å². The second kappa shape index (κ2) is 8.81. The molecule has 0 aliphatic heterocycles. The highest BCUT2D eigenvalue weighted by Gasteiger charge is 2.14. The Bertz CT molecular complexity index is 1000. The number of rotatable bonds is 6. The predicted molar refractivity (Wildman–Crippen MR) is 106 cm³/mol. The van der Waals surface area contributed by atoms with Gasteiger partial charge in [-0.3, -0.25) is 9.59 Å². The van der Waals surface area contributed by atoms with Gasteiger partial charge >= 0.3 is 0 Å². The van der Waals surface area contributed by atoms with Crippen molar-refractivity contribution >= 4 is 23.2 Å². The summed E-state index contributed by atoms with van der Waals surface area (Å²) in [5.41, 5.74) is 2.33. The van der Waals surface area contributed by atoms with E-state index < -0.39 is 11.7 Å². The van der Waals surface area contributed by atoms with Crippen molar-refractivity contribution in [3.05, 3.63) is 89.7 Å². The van der Waals surface area contributed by atoms with Crippen molar-refractivity contribution in [3.8, 4) is 5.75 Å². The number of halogens is 1. The van der Waals surface area contributed by atoms with Crippen LogP contribution in [-0.4, -0.2) is 18.4 Å². The molecular weight excluding hydrogens is 359 g/mol. The minimum atomic E-state index is -0.548. The zero-order valence-corrected chi connectivity index (χ0v) is 15.2. The third-order valence-electron chi connectivity index (χ3n) is 3.92. The fraction of sp³-hybridized carbons (Fsp3) is 0.0909. The van der Waals surface area contributed by atoms with E-state index in [0.29, 0.717) is 16.9 Å². The summed E-state index contributed by atoms with van der Waals surface area (Å²) in [7, 11) is 0. The van der Waals surface area contributed by atoms with E-state index in [2.05, 4.69) is 10.6 Å². The van der Waals surface area contributed by atoms with Crippen molar-refractivity contribution in [2.75, 3.05) is 17.2 Å². The van der Waals surface area contributed by atoms with Crippen molar-refractivity contribution < 1.29 is 18.7 Å². The normalized spacial score (nSPS) is 10.2. The van der Waals surface area contributed by atoms with Gasteiger partial charge in [0, 0.05) is 5.69 Å². The van der Waals surface area contributed by atoms with E-state index in [1.54, 1.807) is 36.4 Å². The fourth-order valence-electron chi connectivity index (χ4n) is 2.60. The van der Waals surface area contributed by atoms with Gasteiger partial charge in [-0.1, -0.05) is 36.4 Å². The van der Waals surface area contributed by atoms with Crippen LogP contribution in [0.1, 0.15) is 15.9 Å². The van der Waals surface area contributed by atoms with Gasteiger partial charge in [0.05, 0.1) is 11.3 Å². The summed E-state index contributed by atoms with van der Waals surface area (Å²) >= 11 is 0. The van der Waals surface area contributed by atoms with Crippen LogP contribution in [0.15, 0.2) is 72.8 Å². The Morgan fingerprint density at radius 3 is 2.46 bits per heavy atom. The van der Waals surface area contributed by atoms with Crippen LogP contribution in [0.25, 0.3) is 0 Å². The van der Waals surface area contributed by atoms with E-state index in [4.69, 9.17) is 4.74 Å². The average molecular weight is 378 g/mol. The molecular formula is C22H19FN2O3. The minimum absolute atomic E-state index is 0.0110. The summed E-state index contributed by atoms with van der Waals surface area (Å²) in [5, 5.41) is 5.44. The van der Waals surface area contributed by atoms with E-state index in [9.17, 15) is 14.0 Å². The number of benzene rings is 3. The largest absolute Gasteiger partial charge is 0.481 e. The number of nitrogens with one attached hydrogen (secondary N) is 2. The quantitative estimate of drug-likeness (QED) is 0.668. The Morgan fingerprint density at radius 1 is 0.929 bits per heavy atom. The molecule has 0 heterocycles. The van der Waals surface area contributed by atoms with Gasteiger partial charge < -0.3 is 15.4 Å². The van der Waals surface area contributed by atoms with E-state index >= 15 is 0 Å². The van der Waals surface area contributed by atoms with Gasteiger partial charge in [-0.25, -0.2) is 4.39 Å². The first-order valence-electron chi connectivity index (χ1n) is 8.67. The van der Waals surface area contributed by atoms with Gasteiger partial charge in [0.1, 0.15) is 0 Å². The van der Waals surface area contributed by atoms with Crippen LogP contribution < -0.4 is 15.4 Å². The lowest BCUT2D eigenvalue weighted by Crippen LogP contribution is -2.23. The summed E-state index contributed by atoms with van der Waals surface area (Å²) in [6.45, 7) is 1.55. The smallest absolute Gasteiger partial charge is 0.262 e. The molecule has 0 fully saturated rings. The Hall–Kier alpha value is -3.67. The molecule has 142 valence electrons. The lowest BCUT2D eigenvalue weighted by atomic mass is 10.1. The number of carbonyl (C=O) groups excluding carboxylic acids is 2. The highest BCUT2D eigenvalue weighted by molar-refractivity contribution is 6.10. The summed E-state index contributed by atoms with van der Waals surface area (Å²) in [4.78, 5) is 24.8. The van der Waals surface area contributed by atoms with Gasteiger partial charge in [-0.2, -0.15) is 0 Å². The van der Waals surface area contributed by atoms with Gasteiger partial charge in [0.25, 0.3) is 11.8 Å². The zero-order valence-electron chi connectivity index (χ0n) is 15.2. The molecule has 3 aromatic carbocycles. The minimum Gasteiger partial charge on any atom is -0.481 e. The van der Waals surface area contributed by atoms with Crippen LogP contribution in [0.4, 0.5) is 15.8 Å². The molecule has 3 aromatic rings. The fourth-order valence-corrected chi connectivity index (χ4v) is 2.60. The van der Waals surface area contributed by atoms with Crippen LogP contribution in [0.2, 0.25) is 0 Å². The number of para-hydroxylation sites is 2. The summed E-state index contributed by atoms with van der Waals surface area (Å²) in [5.74, 6) is -1.41.